The van der Waals surface area contributed by atoms with Crippen molar-refractivity contribution in [2.75, 3.05) is 27.7 Å². The second-order valence-electron chi connectivity index (χ2n) is 11.7. The summed E-state index contributed by atoms with van der Waals surface area (Å²) in [5.74, 6) is 0.380. The second kappa shape index (κ2) is 12.2. The van der Waals surface area contributed by atoms with Gasteiger partial charge in [0.05, 0.1) is 19.2 Å². The van der Waals surface area contributed by atoms with Gasteiger partial charge < -0.3 is 15.0 Å². The van der Waals surface area contributed by atoms with Crippen molar-refractivity contribution >= 4 is 11.8 Å². The summed E-state index contributed by atoms with van der Waals surface area (Å²) in [5.41, 5.74) is 9.50. The quantitative estimate of drug-likeness (QED) is 0.486. The number of rotatable bonds is 7. The molecule has 3 fully saturated rings. The summed E-state index contributed by atoms with van der Waals surface area (Å²) in [7, 11) is 4.99. The Morgan fingerprint density at radius 2 is 2.00 bits per heavy atom. The first kappa shape index (κ1) is 28.4. The molecule has 1 aliphatic carbocycles. The van der Waals surface area contributed by atoms with E-state index in [0.29, 0.717) is 42.7 Å². The summed E-state index contributed by atoms with van der Waals surface area (Å²) >= 11 is 0. The Morgan fingerprint density at radius 1 is 1.18 bits per heavy atom. The van der Waals surface area contributed by atoms with Gasteiger partial charge in [-0.1, -0.05) is 6.07 Å². The Balaban J connectivity index is 1.27. The molecule has 3 N–H and O–H groups in total. The molecule has 3 aliphatic rings. The molecule has 40 heavy (non-hydrogen) atoms. The lowest BCUT2D eigenvalue weighted by atomic mass is 9.74. The summed E-state index contributed by atoms with van der Waals surface area (Å²) in [6, 6.07) is 8.88. The molecule has 0 radical (unpaired) electrons. The van der Waals surface area contributed by atoms with Gasteiger partial charge >= 0.3 is 0 Å². The maximum Gasteiger partial charge on any atom is 0.239 e. The fourth-order valence-electron chi connectivity index (χ4n) is 6.71. The van der Waals surface area contributed by atoms with Crippen LogP contribution >= 0.6 is 0 Å². The van der Waals surface area contributed by atoms with E-state index in [1.165, 1.54) is 18.7 Å². The number of piperidine rings is 1. The average Bonchev–Trinajstić information content (AvgIpc) is 3.37. The number of likely N-dealkylation sites (tertiary alicyclic amines) is 1. The molecule has 1 saturated carbocycles. The first-order valence-corrected chi connectivity index (χ1v) is 14.3. The average molecular weight is 553 g/mol. The number of fused-ring (bicyclic) bond motifs is 1. The van der Waals surface area contributed by atoms with Crippen LogP contribution in [0.1, 0.15) is 55.0 Å². The van der Waals surface area contributed by atoms with Crippen LogP contribution < -0.4 is 20.9 Å². The van der Waals surface area contributed by atoms with Crippen LogP contribution in [-0.4, -0.2) is 72.5 Å². The predicted octanol–water partition coefficient (Wildman–Crippen LogP) is 2.71. The van der Waals surface area contributed by atoms with Gasteiger partial charge in [-0.2, -0.15) is 0 Å². The number of nitrogens with one attached hydrogen (secondary N) is 3. The number of benzene rings is 1. The zero-order valence-corrected chi connectivity index (χ0v) is 23.8. The molecule has 2 amide bonds. The van der Waals surface area contributed by atoms with Gasteiger partial charge in [-0.15, -0.1) is 0 Å². The summed E-state index contributed by atoms with van der Waals surface area (Å²) < 4.78 is 20.2. The number of aromatic nitrogens is 1. The Labute approximate surface area is 235 Å². The smallest absolute Gasteiger partial charge is 0.239 e. The molecule has 1 aromatic carbocycles. The predicted molar refractivity (Wildman–Crippen MR) is 150 cm³/mol. The molecule has 1 aromatic heterocycles. The lowest BCUT2D eigenvalue weighted by Crippen LogP contribution is -2.56. The molecule has 2 aliphatic heterocycles. The van der Waals surface area contributed by atoms with Crippen molar-refractivity contribution in [3.63, 3.8) is 0 Å². The van der Waals surface area contributed by atoms with E-state index in [2.05, 4.69) is 27.2 Å². The normalized spacial score (nSPS) is 28.5. The fourth-order valence-corrected chi connectivity index (χ4v) is 6.71. The van der Waals surface area contributed by atoms with Crippen molar-refractivity contribution in [2.24, 2.45) is 11.8 Å². The molecule has 6 atom stereocenters. The van der Waals surface area contributed by atoms with E-state index in [0.717, 1.165) is 25.0 Å². The van der Waals surface area contributed by atoms with Crippen LogP contribution in [0.25, 0.3) is 0 Å². The molecule has 2 saturated heterocycles. The Kier molecular flexibility index (Phi) is 8.68. The van der Waals surface area contributed by atoms with Gasteiger partial charge in [0.1, 0.15) is 11.6 Å². The maximum absolute atomic E-state index is 14.8. The van der Waals surface area contributed by atoms with Gasteiger partial charge in [0, 0.05) is 62.6 Å². The molecule has 5 rings (SSSR count). The fraction of sp³-hybridized carbons (Fsp3) is 0.567. The third kappa shape index (κ3) is 5.99. The summed E-state index contributed by atoms with van der Waals surface area (Å²) in [6.45, 7) is 2.69. The van der Waals surface area contributed by atoms with E-state index in [1.807, 2.05) is 24.1 Å². The van der Waals surface area contributed by atoms with E-state index in [-0.39, 0.29) is 48.2 Å². The number of methoxy groups -OCH3 is 1. The summed E-state index contributed by atoms with van der Waals surface area (Å²) in [5, 5.41) is 3.30. The van der Waals surface area contributed by atoms with Crippen molar-refractivity contribution in [3.05, 3.63) is 59.2 Å². The van der Waals surface area contributed by atoms with E-state index in [9.17, 15) is 14.0 Å². The van der Waals surface area contributed by atoms with Crippen LogP contribution in [0, 0.1) is 24.6 Å². The van der Waals surface area contributed by atoms with Crippen molar-refractivity contribution in [1.29, 1.82) is 0 Å². The molecular weight excluding hydrogens is 511 g/mol. The van der Waals surface area contributed by atoms with Gasteiger partial charge in [-0.3, -0.25) is 24.9 Å². The highest BCUT2D eigenvalue weighted by molar-refractivity contribution is 5.82. The van der Waals surface area contributed by atoms with Crippen molar-refractivity contribution in [3.8, 4) is 5.75 Å². The number of amides is 2. The first-order chi connectivity index (χ1) is 19.2. The number of carbonyl (C=O) groups is 2. The highest BCUT2D eigenvalue weighted by Gasteiger charge is 2.43. The lowest BCUT2D eigenvalue weighted by molar-refractivity contribution is -0.136. The standard InChI is InChI=1S/C30H41FN6O3/c1-18-14-19(12-13-32-18)28-22-15-20(8-10-25(22)34-35-28)29(38)33-21-9-11-26(30(39)36(2)3)37(16-21)17-23-24(31)6-5-7-27(23)40-4/h5-7,12-14,20-22,25-26,28,34-35H,8-11,15-17H2,1-4H3,(H,33,38)/t20?,21-,22?,25?,26+,28?/m1/s1. The van der Waals surface area contributed by atoms with E-state index in [1.54, 1.807) is 31.1 Å². The minimum atomic E-state index is -0.386. The molecule has 2 aromatic rings. The minimum absolute atomic E-state index is 0.0166. The van der Waals surface area contributed by atoms with Crippen LogP contribution in [0.4, 0.5) is 4.39 Å². The Bertz CT molecular complexity index is 1230. The molecule has 9 nitrogen and oxygen atoms in total. The van der Waals surface area contributed by atoms with Crippen LogP contribution in [0.15, 0.2) is 36.5 Å². The zero-order chi connectivity index (χ0) is 28.4. The Morgan fingerprint density at radius 3 is 2.75 bits per heavy atom. The largest absolute Gasteiger partial charge is 0.496 e. The monoisotopic (exact) mass is 552 g/mol. The van der Waals surface area contributed by atoms with Crippen LogP contribution in [0.3, 0.4) is 0 Å². The first-order valence-electron chi connectivity index (χ1n) is 14.3. The van der Waals surface area contributed by atoms with E-state index >= 15 is 0 Å². The third-order valence-corrected chi connectivity index (χ3v) is 8.82. The SMILES string of the molecule is COc1cccc(F)c1CN1C[C@H](NC(=O)C2CCC3NNC(c4ccnc(C)c4)C3C2)CC[C@H]1C(=O)N(C)C. The highest BCUT2D eigenvalue weighted by atomic mass is 19.1. The Hall–Kier alpha value is -3.08. The summed E-state index contributed by atoms with van der Waals surface area (Å²) in [6.07, 6.45) is 5.68. The van der Waals surface area contributed by atoms with Crippen LogP contribution in [0.5, 0.6) is 5.75 Å². The zero-order valence-electron chi connectivity index (χ0n) is 23.8. The molecular formula is C30H41FN6O3. The van der Waals surface area contributed by atoms with E-state index in [4.69, 9.17) is 4.74 Å². The number of likely N-dealkylation sites (N-methyl/N-ethyl adjacent to an activating group) is 1. The minimum Gasteiger partial charge on any atom is -0.496 e. The second-order valence-corrected chi connectivity index (χ2v) is 11.7. The van der Waals surface area contributed by atoms with Crippen molar-refractivity contribution < 1.29 is 18.7 Å². The maximum atomic E-state index is 14.8. The van der Waals surface area contributed by atoms with Gasteiger partial charge in [0.15, 0.2) is 0 Å². The number of pyridine rings is 1. The number of hydrazine groups is 1. The molecule has 0 spiro atoms. The highest BCUT2D eigenvalue weighted by Crippen LogP contribution is 2.40. The molecule has 4 unspecified atom stereocenters. The van der Waals surface area contributed by atoms with Crippen molar-refractivity contribution in [2.45, 2.75) is 69.7 Å². The molecule has 10 heteroatoms. The molecule has 0 bridgehead atoms. The van der Waals surface area contributed by atoms with Gasteiger partial charge in [-0.25, -0.2) is 9.82 Å². The van der Waals surface area contributed by atoms with Crippen LogP contribution in [0.2, 0.25) is 0 Å². The molecule has 3 heterocycles. The number of hydrogen-bond acceptors (Lipinski definition) is 7. The van der Waals surface area contributed by atoms with Gasteiger partial charge in [0.25, 0.3) is 0 Å². The lowest BCUT2D eigenvalue weighted by Gasteiger charge is -2.41. The van der Waals surface area contributed by atoms with E-state index < -0.39 is 0 Å². The van der Waals surface area contributed by atoms with Gasteiger partial charge in [0.2, 0.25) is 11.8 Å². The van der Waals surface area contributed by atoms with Crippen molar-refractivity contribution in [1.82, 2.24) is 31.0 Å². The number of aryl methyl sites for hydroxylation is 1. The number of hydrogen-bond donors (Lipinski definition) is 3. The topological polar surface area (TPSA) is 98.8 Å². The van der Waals surface area contributed by atoms with Gasteiger partial charge in [-0.05, 0) is 74.8 Å². The number of ether oxygens (including phenoxy) is 1. The summed E-state index contributed by atoms with van der Waals surface area (Å²) in [4.78, 5) is 34.5. The number of nitrogens with zero attached hydrogens (tertiary/aromatic N) is 3. The van der Waals surface area contributed by atoms with Crippen LogP contribution in [-0.2, 0) is 16.1 Å². The number of carbonyl (C=O) groups excluding carboxylic acids is 2. The third-order valence-electron chi connectivity index (χ3n) is 8.82. The molecule has 216 valence electrons. The number of halogens is 1.